The Morgan fingerprint density at radius 1 is 1.29 bits per heavy atom. The summed E-state index contributed by atoms with van der Waals surface area (Å²) < 4.78 is 15.3. The number of halogens is 1. The van der Waals surface area contributed by atoms with E-state index in [0.717, 1.165) is 27.4 Å². The smallest absolute Gasteiger partial charge is 0.194 e. The zero-order chi connectivity index (χ0) is 16.6. The summed E-state index contributed by atoms with van der Waals surface area (Å²) in [6.45, 7) is 6.86. The third-order valence-electron chi connectivity index (χ3n) is 5.31. The van der Waals surface area contributed by atoms with Crippen molar-refractivity contribution >= 4 is 39.6 Å². The zero-order valence-electron chi connectivity index (χ0n) is 13.9. The SMILES string of the molecule is CCNc1nc(I)nc2c1ncn2[C@@H]1[C@H]2C[C@H]2[C@H]2OC(C)(C)O[C@H]21. The third kappa shape index (κ3) is 2.12. The van der Waals surface area contributed by atoms with E-state index in [1.165, 1.54) is 6.42 Å². The Balaban J connectivity index is 1.60. The van der Waals surface area contributed by atoms with Crippen LogP contribution in [0.3, 0.4) is 0 Å². The van der Waals surface area contributed by atoms with Gasteiger partial charge in [-0.2, -0.15) is 0 Å². The van der Waals surface area contributed by atoms with Crippen molar-refractivity contribution in [1.82, 2.24) is 19.5 Å². The molecule has 3 aliphatic rings. The van der Waals surface area contributed by atoms with Crippen LogP contribution in [-0.2, 0) is 9.47 Å². The van der Waals surface area contributed by atoms with Crippen molar-refractivity contribution in [2.24, 2.45) is 11.8 Å². The minimum absolute atomic E-state index is 0.0800. The highest BCUT2D eigenvalue weighted by atomic mass is 127. The first-order valence-electron chi connectivity index (χ1n) is 8.48. The van der Waals surface area contributed by atoms with Crippen molar-refractivity contribution in [3.8, 4) is 0 Å². The standard InChI is InChI=1S/C16H20IN5O2/c1-4-18-13-9-14(21-15(17)20-13)22(6-19-9)10-7-5-8(7)11-12(10)24-16(2,3)23-11/h6-8,10-12H,4-5H2,1-3H3,(H,18,20,21)/t7-,8+,10+,11+,12-/m0/s1. The molecule has 2 saturated carbocycles. The molecule has 0 bridgehead atoms. The van der Waals surface area contributed by atoms with Gasteiger partial charge in [0.25, 0.3) is 0 Å². The van der Waals surface area contributed by atoms with E-state index in [4.69, 9.17) is 9.47 Å². The molecule has 3 heterocycles. The minimum atomic E-state index is -0.504. The van der Waals surface area contributed by atoms with E-state index in [2.05, 4.69) is 54.4 Å². The number of hydrogen-bond donors (Lipinski definition) is 1. The van der Waals surface area contributed by atoms with E-state index < -0.39 is 5.79 Å². The molecule has 24 heavy (non-hydrogen) atoms. The lowest BCUT2D eigenvalue weighted by atomic mass is 10.1. The minimum Gasteiger partial charge on any atom is -0.368 e. The summed E-state index contributed by atoms with van der Waals surface area (Å²) in [5, 5.41) is 3.29. The first-order valence-corrected chi connectivity index (χ1v) is 9.56. The maximum Gasteiger partial charge on any atom is 0.194 e. The second-order valence-electron chi connectivity index (χ2n) is 7.31. The molecule has 7 nitrogen and oxygen atoms in total. The van der Waals surface area contributed by atoms with E-state index in [-0.39, 0.29) is 18.2 Å². The van der Waals surface area contributed by atoms with Crippen molar-refractivity contribution in [1.29, 1.82) is 0 Å². The van der Waals surface area contributed by atoms with Gasteiger partial charge in [0.15, 0.2) is 26.6 Å². The van der Waals surface area contributed by atoms with Crippen LogP contribution in [0, 0.1) is 15.7 Å². The molecule has 1 saturated heterocycles. The van der Waals surface area contributed by atoms with Gasteiger partial charge in [-0.3, -0.25) is 0 Å². The molecule has 128 valence electrons. The lowest BCUT2D eigenvalue weighted by Crippen LogP contribution is -2.30. The molecule has 2 aromatic rings. The number of imidazole rings is 1. The van der Waals surface area contributed by atoms with Gasteiger partial charge in [0.2, 0.25) is 0 Å². The highest BCUT2D eigenvalue weighted by Crippen LogP contribution is 2.63. The lowest BCUT2D eigenvalue weighted by Gasteiger charge is -2.24. The molecule has 1 N–H and O–H groups in total. The Morgan fingerprint density at radius 3 is 2.88 bits per heavy atom. The molecule has 0 unspecified atom stereocenters. The molecule has 0 radical (unpaired) electrons. The number of rotatable bonds is 3. The predicted molar refractivity (Wildman–Crippen MR) is 96.7 cm³/mol. The van der Waals surface area contributed by atoms with E-state index in [1.54, 1.807) is 0 Å². The highest BCUT2D eigenvalue weighted by molar-refractivity contribution is 14.1. The zero-order valence-corrected chi connectivity index (χ0v) is 16.0. The Hall–Kier alpha value is -1.00. The van der Waals surface area contributed by atoms with Crippen LogP contribution in [0.2, 0.25) is 0 Å². The topological polar surface area (TPSA) is 74.1 Å². The molecule has 2 aliphatic carbocycles. The molecule has 0 amide bonds. The van der Waals surface area contributed by atoms with Crippen molar-refractivity contribution in [3.05, 3.63) is 10.2 Å². The summed E-state index contributed by atoms with van der Waals surface area (Å²) in [5.74, 6) is 1.50. The molecule has 5 rings (SSSR count). The Morgan fingerprint density at radius 2 is 2.08 bits per heavy atom. The number of fused-ring (bicyclic) bond motifs is 4. The number of anilines is 1. The fourth-order valence-corrected chi connectivity index (χ4v) is 4.90. The van der Waals surface area contributed by atoms with Crippen LogP contribution in [-0.4, -0.2) is 44.1 Å². The maximum absolute atomic E-state index is 6.24. The van der Waals surface area contributed by atoms with Gasteiger partial charge in [-0.25, -0.2) is 15.0 Å². The maximum atomic E-state index is 6.24. The number of hydrogen-bond acceptors (Lipinski definition) is 6. The molecule has 5 atom stereocenters. The van der Waals surface area contributed by atoms with Crippen LogP contribution >= 0.6 is 22.6 Å². The summed E-state index contributed by atoms with van der Waals surface area (Å²) in [4.78, 5) is 13.8. The van der Waals surface area contributed by atoms with Crippen LogP contribution in [0.5, 0.6) is 0 Å². The first-order chi connectivity index (χ1) is 11.5. The number of ether oxygens (including phenoxy) is 2. The van der Waals surface area contributed by atoms with Crippen LogP contribution < -0.4 is 5.32 Å². The average molecular weight is 441 g/mol. The largest absolute Gasteiger partial charge is 0.368 e. The summed E-state index contributed by atoms with van der Waals surface area (Å²) in [7, 11) is 0. The van der Waals surface area contributed by atoms with E-state index >= 15 is 0 Å². The van der Waals surface area contributed by atoms with Crippen molar-refractivity contribution in [2.45, 2.75) is 51.2 Å². The second kappa shape index (κ2) is 5.01. The van der Waals surface area contributed by atoms with E-state index in [0.29, 0.717) is 11.8 Å². The summed E-state index contributed by atoms with van der Waals surface area (Å²) in [5.41, 5.74) is 1.71. The number of nitrogens with zero attached hydrogens (tertiary/aromatic N) is 4. The van der Waals surface area contributed by atoms with Gasteiger partial charge in [0, 0.05) is 29.1 Å². The fourth-order valence-electron chi connectivity index (χ4n) is 4.43. The van der Waals surface area contributed by atoms with Gasteiger partial charge < -0.3 is 19.4 Å². The van der Waals surface area contributed by atoms with Crippen LogP contribution in [0.1, 0.15) is 33.2 Å². The first kappa shape index (κ1) is 15.3. The summed E-state index contributed by atoms with van der Waals surface area (Å²) >= 11 is 2.16. The molecule has 8 heteroatoms. The molecule has 2 aromatic heterocycles. The third-order valence-corrected chi connectivity index (χ3v) is 5.79. The number of nitrogens with one attached hydrogen (secondary N) is 1. The van der Waals surface area contributed by atoms with Crippen LogP contribution in [0.25, 0.3) is 11.2 Å². The van der Waals surface area contributed by atoms with Gasteiger partial charge in [-0.1, -0.05) is 0 Å². The van der Waals surface area contributed by atoms with E-state index in [1.807, 2.05) is 20.2 Å². The van der Waals surface area contributed by atoms with Crippen LogP contribution in [0.15, 0.2) is 6.33 Å². The average Bonchev–Trinajstić information content (AvgIpc) is 2.93. The van der Waals surface area contributed by atoms with Gasteiger partial charge in [0.05, 0.1) is 18.5 Å². The fraction of sp³-hybridized carbons (Fsp3) is 0.688. The van der Waals surface area contributed by atoms with E-state index in [9.17, 15) is 0 Å². The highest BCUT2D eigenvalue weighted by Gasteiger charge is 2.66. The summed E-state index contributed by atoms with van der Waals surface area (Å²) in [6, 6.07) is 0.243. The Kier molecular flexibility index (Phi) is 3.19. The predicted octanol–water partition coefficient (Wildman–Crippen LogP) is 2.57. The van der Waals surface area contributed by atoms with Gasteiger partial charge in [-0.05, 0) is 39.0 Å². The van der Waals surface area contributed by atoms with Gasteiger partial charge >= 0.3 is 0 Å². The molecule has 0 spiro atoms. The monoisotopic (exact) mass is 441 g/mol. The molecule has 1 aliphatic heterocycles. The molecular formula is C16H20IN5O2. The second-order valence-corrected chi connectivity index (χ2v) is 8.28. The Labute approximate surface area is 153 Å². The normalized spacial score (nSPS) is 35.9. The van der Waals surface area contributed by atoms with Gasteiger partial charge in [0.1, 0.15) is 6.10 Å². The van der Waals surface area contributed by atoms with Crippen molar-refractivity contribution < 1.29 is 9.47 Å². The quantitative estimate of drug-likeness (QED) is 0.583. The number of aromatic nitrogens is 4. The van der Waals surface area contributed by atoms with Gasteiger partial charge in [-0.15, -0.1) is 0 Å². The molecule has 0 aromatic carbocycles. The van der Waals surface area contributed by atoms with Crippen molar-refractivity contribution in [3.63, 3.8) is 0 Å². The lowest BCUT2D eigenvalue weighted by molar-refractivity contribution is -0.156. The van der Waals surface area contributed by atoms with Crippen LogP contribution in [0.4, 0.5) is 5.82 Å². The Bertz CT molecular complexity index is 822. The molecule has 3 fully saturated rings. The molecular weight excluding hydrogens is 421 g/mol. The van der Waals surface area contributed by atoms with Crippen molar-refractivity contribution in [2.75, 3.05) is 11.9 Å². The summed E-state index contributed by atoms with van der Waals surface area (Å²) in [6.07, 6.45) is 3.37.